The van der Waals surface area contributed by atoms with Crippen LogP contribution in [0.2, 0.25) is 0 Å². The van der Waals surface area contributed by atoms with Crippen LogP contribution in [-0.4, -0.2) is 16.1 Å². The van der Waals surface area contributed by atoms with Crippen LogP contribution in [0.4, 0.5) is 0 Å². The summed E-state index contributed by atoms with van der Waals surface area (Å²) in [6, 6.07) is 10.9. The minimum atomic E-state index is -1.24. The van der Waals surface area contributed by atoms with E-state index in [1.165, 1.54) is 6.08 Å². The van der Waals surface area contributed by atoms with Crippen LogP contribution < -0.4 is 0 Å². The third kappa shape index (κ3) is 2.29. The maximum absolute atomic E-state index is 10.7. The zero-order valence-corrected chi connectivity index (χ0v) is 8.79. The lowest BCUT2D eigenvalue weighted by molar-refractivity contribution is -0.132. The zero-order valence-electron chi connectivity index (χ0n) is 8.79. The number of carbonyl (C=O) groups is 1. The van der Waals surface area contributed by atoms with Gasteiger partial charge in [-0.1, -0.05) is 18.2 Å². The highest BCUT2D eigenvalue weighted by Gasteiger charge is 2.05. The summed E-state index contributed by atoms with van der Waals surface area (Å²) in [4.78, 5) is 14.9. The Labute approximate surface area is 97.5 Å². The van der Waals surface area contributed by atoms with Gasteiger partial charge in [-0.25, -0.2) is 4.79 Å². The van der Waals surface area contributed by atoms with Gasteiger partial charge in [0.05, 0.1) is 5.52 Å². The molecule has 0 saturated carbocycles. The van der Waals surface area contributed by atoms with Gasteiger partial charge in [-0.2, -0.15) is 5.26 Å². The van der Waals surface area contributed by atoms with Crippen molar-refractivity contribution in [1.29, 1.82) is 5.26 Å². The van der Waals surface area contributed by atoms with Crippen LogP contribution in [0, 0.1) is 11.3 Å². The molecule has 0 saturated heterocycles. The number of benzene rings is 1. The second-order valence-corrected chi connectivity index (χ2v) is 3.44. The van der Waals surface area contributed by atoms with E-state index in [2.05, 4.69) is 4.98 Å². The number of hydrogen-bond donors (Lipinski definition) is 1. The number of carboxylic acids is 1. The lowest BCUT2D eigenvalue weighted by atomic mass is 10.1. The highest BCUT2D eigenvalue weighted by molar-refractivity contribution is 5.97. The van der Waals surface area contributed by atoms with E-state index in [0.717, 1.165) is 10.9 Å². The predicted octanol–water partition coefficient (Wildman–Crippen LogP) is 2.23. The third-order valence-corrected chi connectivity index (χ3v) is 2.27. The van der Waals surface area contributed by atoms with Crippen molar-refractivity contribution in [3.63, 3.8) is 0 Å². The average Bonchev–Trinajstić information content (AvgIpc) is 2.35. The van der Waals surface area contributed by atoms with Crippen molar-refractivity contribution < 1.29 is 9.90 Å². The van der Waals surface area contributed by atoms with Gasteiger partial charge in [0.1, 0.15) is 11.6 Å². The monoisotopic (exact) mass is 224 g/mol. The molecule has 0 bridgehead atoms. The summed E-state index contributed by atoms with van der Waals surface area (Å²) >= 11 is 0. The molecular formula is C13H8N2O2. The molecule has 0 radical (unpaired) electrons. The lowest BCUT2D eigenvalue weighted by Gasteiger charge is -1.98. The van der Waals surface area contributed by atoms with Crippen LogP contribution >= 0.6 is 0 Å². The molecule has 0 spiro atoms. The van der Waals surface area contributed by atoms with Gasteiger partial charge in [0.25, 0.3) is 0 Å². The molecule has 0 aliphatic carbocycles. The summed E-state index contributed by atoms with van der Waals surface area (Å²) < 4.78 is 0. The molecule has 1 N–H and O–H groups in total. The molecule has 4 heteroatoms. The van der Waals surface area contributed by atoms with Crippen molar-refractivity contribution in [2.24, 2.45) is 0 Å². The second-order valence-electron chi connectivity index (χ2n) is 3.44. The van der Waals surface area contributed by atoms with Crippen molar-refractivity contribution in [3.8, 4) is 6.07 Å². The van der Waals surface area contributed by atoms with E-state index in [4.69, 9.17) is 10.4 Å². The number of aromatic nitrogens is 1. The smallest absolute Gasteiger partial charge is 0.346 e. The number of hydrogen-bond acceptors (Lipinski definition) is 3. The predicted molar refractivity (Wildman–Crippen MR) is 63.0 cm³/mol. The maximum Gasteiger partial charge on any atom is 0.346 e. The molecule has 0 amide bonds. The fraction of sp³-hybridized carbons (Fsp3) is 0. The standard InChI is InChI=1S/C13H8N2O2/c14-7-11(13(16)17)6-9-5-10-3-1-2-4-12(10)15-8-9/h1-6,8H,(H,16,17)/b11-6+. The van der Waals surface area contributed by atoms with Gasteiger partial charge in [-0.3, -0.25) is 4.98 Å². The SMILES string of the molecule is N#C/C(=C\c1cnc2ccccc2c1)C(=O)O. The molecule has 1 heterocycles. The molecule has 0 atom stereocenters. The van der Waals surface area contributed by atoms with Crippen molar-refractivity contribution in [1.82, 2.24) is 4.98 Å². The Kier molecular flexibility index (Phi) is 2.84. The number of nitriles is 1. The summed E-state index contributed by atoms with van der Waals surface area (Å²) in [5.74, 6) is -1.24. The first-order chi connectivity index (χ1) is 8.20. The summed E-state index contributed by atoms with van der Waals surface area (Å²) in [7, 11) is 0. The molecule has 17 heavy (non-hydrogen) atoms. The minimum absolute atomic E-state index is 0.304. The number of pyridine rings is 1. The molecule has 1 aromatic carbocycles. The Bertz CT molecular complexity index is 654. The Morgan fingerprint density at radius 2 is 2.18 bits per heavy atom. The van der Waals surface area contributed by atoms with Crippen LogP contribution in [-0.2, 0) is 4.79 Å². The molecular weight excluding hydrogens is 216 g/mol. The van der Waals surface area contributed by atoms with Gasteiger partial charge in [0, 0.05) is 11.6 Å². The topological polar surface area (TPSA) is 74.0 Å². The molecule has 4 nitrogen and oxygen atoms in total. The Balaban J connectivity index is 2.51. The first-order valence-corrected chi connectivity index (χ1v) is 4.90. The number of carboxylic acid groups (broad SMARTS) is 1. The Morgan fingerprint density at radius 1 is 1.41 bits per heavy atom. The molecule has 2 rings (SSSR count). The highest BCUT2D eigenvalue weighted by atomic mass is 16.4. The van der Waals surface area contributed by atoms with E-state index in [1.54, 1.807) is 18.3 Å². The van der Waals surface area contributed by atoms with Crippen molar-refractivity contribution in [2.75, 3.05) is 0 Å². The molecule has 0 aliphatic heterocycles. The van der Waals surface area contributed by atoms with Crippen molar-refractivity contribution >= 4 is 22.9 Å². The van der Waals surface area contributed by atoms with Crippen LogP contribution in [0.25, 0.3) is 17.0 Å². The normalized spacial score (nSPS) is 11.1. The van der Waals surface area contributed by atoms with Crippen LogP contribution in [0.5, 0.6) is 0 Å². The number of fused-ring (bicyclic) bond motifs is 1. The van der Waals surface area contributed by atoms with Gasteiger partial charge in [-0.05, 0) is 23.8 Å². The fourth-order valence-electron chi connectivity index (χ4n) is 1.48. The average molecular weight is 224 g/mol. The van der Waals surface area contributed by atoms with Crippen LogP contribution in [0.15, 0.2) is 42.1 Å². The molecule has 0 aliphatic rings. The van der Waals surface area contributed by atoms with E-state index < -0.39 is 5.97 Å². The molecule has 0 fully saturated rings. The summed E-state index contributed by atoms with van der Waals surface area (Å²) in [6.07, 6.45) is 2.85. The zero-order chi connectivity index (χ0) is 12.3. The van der Waals surface area contributed by atoms with Gasteiger partial charge in [0.15, 0.2) is 0 Å². The first kappa shape index (κ1) is 10.8. The number of rotatable bonds is 2. The molecule has 82 valence electrons. The first-order valence-electron chi connectivity index (χ1n) is 4.90. The van der Waals surface area contributed by atoms with E-state index in [0.29, 0.717) is 5.56 Å². The minimum Gasteiger partial charge on any atom is -0.477 e. The van der Waals surface area contributed by atoms with E-state index in [-0.39, 0.29) is 5.57 Å². The number of aliphatic carboxylic acids is 1. The maximum atomic E-state index is 10.7. The molecule has 2 aromatic rings. The lowest BCUT2D eigenvalue weighted by Crippen LogP contribution is -1.97. The van der Waals surface area contributed by atoms with Crippen molar-refractivity contribution in [2.45, 2.75) is 0 Å². The largest absolute Gasteiger partial charge is 0.477 e. The van der Waals surface area contributed by atoms with Crippen molar-refractivity contribution in [3.05, 3.63) is 47.7 Å². The molecule has 0 unspecified atom stereocenters. The summed E-state index contributed by atoms with van der Waals surface area (Å²) in [6.45, 7) is 0. The van der Waals surface area contributed by atoms with Gasteiger partial charge in [0.2, 0.25) is 0 Å². The van der Waals surface area contributed by atoms with Gasteiger partial charge < -0.3 is 5.11 Å². The third-order valence-electron chi connectivity index (χ3n) is 2.27. The van der Waals surface area contributed by atoms with Crippen LogP contribution in [0.3, 0.4) is 0 Å². The molecule has 1 aromatic heterocycles. The number of nitrogens with zero attached hydrogens (tertiary/aromatic N) is 2. The van der Waals surface area contributed by atoms with E-state index in [9.17, 15) is 4.79 Å². The van der Waals surface area contributed by atoms with Gasteiger partial charge in [-0.15, -0.1) is 0 Å². The number of para-hydroxylation sites is 1. The summed E-state index contributed by atoms with van der Waals surface area (Å²) in [5, 5.41) is 18.3. The summed E-state index contributed by atoms with van der Waals surface area (Å²) in [5.41, 5.74) is 1.13. The second kappa shape index (κ2) is 4.45. The fourth-order valence-corrected chi connectivity index (χ4v) is 1.48. The highest BCUT2D eigenvalue weighted by Crippen LogP contribution is 2.14. The van der Waals surface area contributed by atoms with Crippen LogP contribution in [0.1, 0.15) is 5.56 Å². The van der Waals surface area contributed by atoms with E-state index in [1.807, 2.05) is 24.3 Å². The Hall–Kier alpha value is -2.67. The van der Waals surface area contributed by atoms with Gasteiger partial charge >= 0.3 is 5.97 Å². The van der Waals surface area contributed by atoms with E-state index >= 15 is 0 Å². The quantitative estimate of drug-likeness (QED) is 0.627. The Morgan fingerprint density at radius 3 is 2.88 bits per heavy atom.